The Morgan fingerprint density at radius 1 is 1.00 bits per heavy atom. The van der Waals surface area contributed by atoms with Gasteiger partial charge in [-0.2, -0.15) is 0 Å². The Bertz CT molecular complexity index is 819. The molecule has 0 unspecified atom stereocenters. The molecule has 0 bridgehead atoms. The van der Waals surface area contributed by atoms with Crippen molar-refractivity contribution >= 4 is 21.4 Å². The van der Waals surface area contributed by atoms with E-state index in [0.717, 1.165) is 5.56 Å². The number of rotatable bonds is 5. The normalized spacial score (nSPS) is 13.3. The maximum absolute atomic E-state index is 12.6. The Hall–Kier alpha value is -2.14. The van der Waals surface area contributed by atoms with Crippen LogP contribution < -0.4 is 5.32 Å². The van der Waals surface area contributed by atoms with Crippen LogP contribution in [0.5, 0.6) is 0 Å². The Morgan fingerprint density at radius 3 is 2.08 bits per heavy atom. The largest absolute Gasteiger partial charge is 0.325 e. The molecule has 1 N–H and O–H groups in total. The van der Waals surface area contributed by atoms with Gasteiger partial charge in [-0.05, 0) is 35.6 Å². The molecule has 1 amide bonds. The van der Waals surface area contributed by atoms with E-state index in [4.69, 9.17) is 0 Å². The van der Waals surface area contributed by atoms with Crippen molar-refractivity contribution < 1.29 is 13.2 Å². The van der Waals surface area contributed by atoms with E-state index >= 15 is 0 Å². The Labute approximate surface area is 150 Å². The highest BCUT2D eigenvalue weighted by atomic mass is 32.2. The van der Waals surface area contributed by atoms with Crippen molar-refractivity contribution in [2.45, 2.75) is 44.1 Å². The van der Waals surface area contributed by atoms with E-state index in [9.17, 15) is 13.2 Å². The number of carbonyl (C=O) groups excluding carboxylic acids is 1. The van der Waals surface area contributed by atoms with Gasteiger partial charge in [-0.1, -0.05) is 63.2 Å². The van der Waals surface area contributed by atoms with Crippen LogP contribution in [0.1, 0.15) is 38.8 Å². The van der Waals surface area contributed by atoms with Gasteiger partial charge in [-0.25, -0.2) is 8.42 Å². The monoisotopic (exact) mass is 359 g/mol. The van der Waals surface area contributed by atoms with E-state index in [1.54, 1.807) is 24.3 Å². The molecular weight excluding hydrogens is 334 g/mol. The van der Waals surface area contributed by atoms with Gasteiger partial charge in [0.25, 0.3) is 0 Å². The highest BCUT2D eigenvalue weighted by Crippen LogP contribution is 2.23. The molecule has 4 nitrogen and oxygen atoms in total. The van der Waals surface area contributed by atoms with Crippen molar-refractivity contribution in [1.29, 1.82) is 0 Å². The van der Waals surface area contributed by atoms with E-state index in [1.165, 1.54) is 6.92 Å². The number of hydrogen-bond donors (Lipinski definition) is 1. The van der Waals surface area contributed by atoms with Crippen LogP contribution in [0.15, 0.2) is 54.6 Å². The zero-order valence-corrected chi connectivity index (χ0v) is 15.9. The molecule has 0 aliphatic carbocycles. The first kappa shape index (κ1) is 19.2. The van der Waals surface area contributed by atoms with E-state index < -0.39 is 21.0 Å². The molecule has 1 atom stereocenters. The predicted molar refractivity (Wildman–Crippen MR) is 102 cm³/mol. The van der Waals surface area contributed by atoms with Gasteiger partial charge in [0.1, 0.15) is 5.25 Å². The smallest absolute Gasteiger partial charge is 0.242 e. The average molecular weight is 359 g/mol. The Kier molecular flexibility index (Phi) is 5.68. The van der Waals surface area contributed by atoms with E-state index in [-0.39, 0.29) is 11.2 Å². The fraction of sp³-hybridized carbons (Fsp3) is 0.350. The number of amides is 1. The maximum atomic E-state index is 12.6. The third-order valence-electron chi connectivity index (χ3n) is 4.14. The molecule has 5 heteroatoms. The third-order valence-corrected chi connectivity index (χ3v) is 6.16. The van der Waals surface area contributed by atoms with Crippen molar-refractivity contribution in [2.24, 2.45) is 0 Å². The number of anilines is 1. The van der Waals surface area contributed by atoms with E-state index in [1.807, 2.05) is 30.3 Å². The number of carbonyl (C=O) groups is 1. The van der Waals surface area contributed by atoms with Gasteiger partial charge in [-0.3, -0.25) is 4.79 Å². The number of sulfone groups is 1. The number of benzene rings is 2. The SMILES string of the molecule is C[C@@H](C(=O)Nc1ccccc1)S(=O)(=O)Cc1ccc(C(C)(C)C)cc1. The van der Waals surface area contributed by atoms with Crippen molar-refractivity contribution in [1.82, 2.24) is 0 Å². The molecule has 2 aromatic carbocycles. The van der Waals surface area contributed by atoms with Crippen LogP contribution in [0.2, 0.25) is 0 Å². The highest BCUT2D eigenvalue weighted by molar-refractivity contribution is 7.92. The van der Waals surface area contributed by atoms with Gasteiger partial charge >= 0.3 is 0 Å². The summed E-state index contributed by atoms with van der Waals surface area (Å²) in [5.74, 6) is -0.668. The average Bonchev–Trinajstić information content (AvgIpc) is 2.54. The van der Waals surface area contributed by atoms with Crippen LogP contribution in [0, 0.1) is 0 Å². The highest BCUT2D eigenvalue weighted by Gasteiger charge is 2.28. The second-order valence-electron chi connectivity index (χ2n) is 7.25. The summed E-state index contributed by atoms with van der Waals surface area (Å²) in [4.78, 5) is 12.2. The fourth-order valence-corrected chi connectivity index (χ4v) is 3.68. The summed E-state index contributed by atoms with van der Waals surface area (Å²) in [6.45, 7) is 7.75. The van der Waals surface area contributed by atoms with Crippen molar-refractivity contribution in [2.75, 3.05) is 5.32 Å². The van der Waals surface area contributed by atoms with Gasteiger partial charge in [0.05, 0.1) is 5.75 Å². The summed E-state index contributed by atoms with van der Waals surface area (Å²) in [7, 11) is -3.59. The summed E-state index contributed by atoms with van der Waals surface area (Å²) in [5, 5.41) is 1.53. The molecule has 2 rings (SSSR count). The van der Waals surface area contributed by atoms with Crippen molar-refractivity contribution in [3.05, 3.63) is 65.7 Å². The van der Waals surface area contributed by atoms with Crippen LogP contribution in [-0.2, 0) is 25.8 Å². The molecule has 25 heavy (non-hydrogen) atoms. The molecule has 134 valence electrons. The van der Waals surface area contributed by atoms with Crippen LogP contribution in [0.4, 0.5) is 5.69 Å². The van der Waals surface area contributed by atoms with Crippen LogP contribution in [-0.4, -0.2) is 19.6 Å². The molecule has 0 heterocycles. The minimum Gasteiger partial charge on any atom is -0.325 e. The summed E-state index contributed by atoms with van der Waals surface area (Å²) in [5.41, 5.74) is 2.43. The lowest BCUT2D eigenvalue weighted by Crippen LogP contribution is -2.33. The summed E-state index contributed by atoms with van der Waals surface area (Å²) in [6.07, 6.45) is 0. The second-order valence-corrected chi connectivity index (χ2v) is 9.57. The summed E-state index contributed by atoms with van der Waals surface area (Å²) >= 11 is 0. The molecule has 0 saturated heterocycles. The Balaban J connectivity index is 2.08. The summed E-state index contributed by atoms with van der Waals surface area (Å²) in [6, 6.07) is 16.4. The van der Waals surface area contributed by atoms with Gasteiger partial charge < -0.3 is 5.32 Å². The molecule has 0 saturated carbocycles. The molecular formula is C20H25NO3S. The molecule has 0 fully saturated rings. The lowest BCUT2D eigenvalue weighted by Gasteiger charge is -2.19. The third kappa shape index (κ3) is 5.16. The number of hydrogen-bond acceptors (Lipinski definition) is 3. The number of nitrogens with one attached hydrogen (secondary N) is 1. The molecule has 0 aromatic heterocycles. The van der Waals surface area contributed by atoms with Gasteiger partial charge in [0.2, 0.25) is 5.91 Å². The molecule has 0 aliphatic heterocycles. The van der Waals surface area contributed by atoms with Gasteiger partial charge in [-0.15, -0.1) is 0 Å². The lowest BCUT2D eigenvalue weighted by molar-refractivity contribution is -0.115. The quantitative estimate of drug-likeness (QED) is 0.880. The molecule has 2 aromatic rings. The fourth-order valence-electron chi connectivity index (χ4n) is 2.39. The first-order chi connectivity index (χ1) is 11.6. The van der Waals surface area contributed by atoms with Crippen molar-refractivity contribution in [3.63, 3.8) is 0 Å². The topological polar surface area (TPSA) is 63.2 Å². The number of para-hydroxylation sites is 1. The van der Waals surface area contributed by atoms with E-state index in [2.05, 4.69) is 26.1 Å². The molecule has 0 aliphatic rings. The maximum Gasteiger partial charge on any atom is 0.242 e. The van der Waals surface area contributed by atoms with E-state index in [0.29, 0.717) is 11.3 Å². The first-order valence-corrected chi connectivity index (χ1v) is 9.98. The first-order valence-electron chi connectivity index (χ1n) is 8.26. The minimum atomic E-state index is -3.59. The Morgan fingerprint density at radius 2 is 1.56 bits per heavy atom. The van der Waals surface area contributed by atoms with Gasteiger partial charge in [0.15, 0.2) is 9.84 Å². The lowest BCUT2D eigenvalue weighted by atomic mass is 9.87. The van der Waals surface area contributed by atoms with Crippen LogP contribution >= 0.6 is 0 Å². The van der Waals surface area contributed by atoms with Crippen LogP contribution in [0.25, 0.3) is 0 Å². The van der Waals surface area contributed by atoms with Crippen LogP contribution in [0.3, 0.4) is 0 Å². The predicted octanol–water partition coefficient (Wildman–Crippen LogP) is 3.93. The molecule has 0 spiro atoms. The standard InChI is InChI=1S/C20H25NO3S/c1-15(19(22)21-18-8-6-5-7-9-18)25(23,24)14-16-10-12-17(13-11-16)20(2,3)4/h5-13,15H,14H2,1-4H3,(H,21,22)/t15-/m0/s1. The van der Waals surface area contributed by atoms with Crippen molar-refractivity contribution in [3.8, 4) is 0 Å². The zero-order chi connectivity index (χ0) is 18.7. The van der Waals surface area contributed by atoms with Gasteiger partial charge in [0, 0.05) is 5.69 Å². The second kappa shape index (κ2) is 7.40. The zero-order valence-electron chi connectivity index (χ0n) is 15.1. The molecule has 0 radical (unpaired) electrons. The summed E-state index contributed by atoms with van der Waals surface area (Å²) < 4.78 is 25.1. The minimum absolute atomic E-state index is 0.0142.